The molecule has 1 aromatic rings. The van der Waals surface area contributed by atoms with Crippen LogP contribution in [0.1, 0.15) is 6.92 Å². The number of hydrogen-bond acceptors (Lipinski definition) is 5. The largest absolute Gasteiger partial charge is 0.490 e. The van der Waals surface area contributed by atoms with E-state index in [2.05, 4.69) is 5.32 Å². The van der Waals surface area contributed by atoms with Crippen molar-refractivity contribution >= 4 is 5.69 Å². The summed E-state index contributed by atoms with van der Waals surface area (Å²) in [6, 6.07) is 3.17. The first-order valence-corrected chi connectivity index (χ1v) is 5.98. The molecular weight excluding hydrogens is 255 g/mol. The van der Waals surface area contributed by atoms with Crippen LogP contribution >= 0.6 is 0 Å². The highest BCUT2D eigenvalue weighted by atomic mass is 19.1. The number of rotatable bonds is 4. The zero-order chi connectivity index (χ0) is 13.8. The van der Waals surface area contributed by atoms with Gasteiger partial charge in [0.15, 0.2) is 0 Å². The van der Waals surface area contributed by atoms with Crippen molar-refractivity contribution in [2.24, 2.45) is 0 Å². The van der Waals surface area contributed by atoms with Crippen molar-refractivity contribution < 1.29 is 18.8 Å². The van der Waals surface area contributed by atoms with E-state index in [0.29, 0.717) is 6.54 Å². The topological polar surface area (TPSA) is 73.6 Å². The van der Waals surface area contributed by atoms with Gasteiger partial charge in [0.05, 0.1) is 23.2 Å². The monoisotopic (exact) mass is 270 g/mol. The normalized spacial score (nSPS) is 23.1. The SMILES string of the molecule is CC1CNCC(COc2cc(F)cc([N+](=O)[O-])c2)O1. The van der Waals surface area contributed by atoms with E-state index in [1.807, 2.05) is 6.92 Å². The number of nitrogens with one attached hydrogen (secondary N) is 1. The Balaban J connectivity index is 1.97. The summed E-state index contributed by atoms with van der Waals surface area (Å²) >= 11 is 0. The highest BCUT2D eigenvalue weighted by Gasteiger charge is 2.19. The summed E-state index contributed by atoms with van der Waals surface area (Å²) in [5, 5.41) is 13.8. The minimum absolute atomic E-state index is 0.0872. The van der Waals surface area contributed by atoms with Gasteiger partial charge in [-0.3, -0.25) is 10.1 Å². The molecule has 2 atom stereocenters. The molecule has 6 nitrogen and oxygen atoms in total. The summed E-state index contributed by atoms with van der Waals surface area (Å²) < 4.78 is 24.1. The Morgan fingerprint density at radius 2 is 2.32 bits per heavy atom. The van der Waals surface area contributed by atoms with Gasteiger partial charge < -0.3 is 14.8 Å². The second kappa shape index (κ2) is 5.94. The van der Waals surface area contributed by atoms with E-state index in [-0.39, 0.29) is 30.3 Å². The fourth-order valence-corrected chi connectivity index (χ4v) is 1.90. The summed E-state index contributed by atoms with van der Waals surface area (Å²) in [7, 11) is 0. The first-order valence-electron chi connectivity index (χ1n) is 5.98. The predicted molar refractivity (Wildman–Crippen MR) is 65.8 cm³/mol. The summed E-state index contributed by atoms with van der Waals surface area (Å²) in [6.45, 7) is 3.58. The van der Waals surface area contributed by atoms with Crippen molar-refractivity contribution in [2.45, 2.75) is 19.1 Å². The Kier molecular flexibility index (Phi) is 4.28. The Labute approximate surface area is 109 Å². The van der Waals surface area contributed by atoms with Gasteiger partial charge in [-0.15, -0.1) is 0 Å². The van der Waals surface area contributed by atoms with Gasteiger partial charge in [-0.25, -0.2) is 4.39 Å². The van der Waals surface area contributed by atoms with Crippen molar-refractivity contribution in [1.29, 1.82) is 0 Å². The van der Waals surface area contributed by atoms with Crippen molar-refractivity contribution in [2.75, 3.05) is 19.7 Å². The highest BCUT2D eigenvalue weighted by molar-refractivity contribution is 5.38. The van der Waals surface area contributed by atoms with Gasteiger partial charge in [0, 0.05) is 19.2 Å². The third-order valence-electron chi connectivity index (χ3n) is 2.73. The number of nitro groups is 1. The number of non-ortho nitro benzene ring substituents is 1. The minimum atomic E-state index is -0.694. The number of halogens is 1. The van der Waals surface area contributed by atoms with Crippen LogP contribution in [0.15, 0.2) is 18.2 Å². The molecular formula is C12H15FN2O4. The van der Waals surface area contributed by atoms with Gasteiger partial charge in [-0.05, 0) is 6.92 Å². The van der Waals surface area contributed by atoms with Crippen LogP contribution in [-0.4, -0.2) is 36.8 Å². The Hall–Kier alpha value is -1.73. The van der Waals surface area contributed by atoms with Crippen LogP contribution in [0.2, 0.25) is 0 Å². The quantitative estimate of drug-likeness (QED) is 0.662. The van der Waals surface area contributed by atoms with Gasteiger partial charge in [0.2, 0.25) is 0 Å². The molecule has 1 fully saturated rings. The molecule has 0 aliphatic carbocycles. The zero-order valence-corrected chi connectivity index (χ0v) is 10.5. The van der Waals surface area contributed by atoms with E-state index in [9.17, 15) is 14.5 Å². The third kappa shape index (κ3) is 3.87. The maximum atomic E-state index is 13.2. The second-order valence-electron chi connectivity index (χ2n) is 4.44. The Bertz CT molecular complexity index is 469. The maximum Gasteiger partial charge on any atom is 0.276 e. The van der Waals surface area contributed by atoms with Gasteiger partial charge in [0.1, 0.15) is 24.3 Å². The average Bonchev–Trinajstić information content (AvgIpc) is 2.36. The van der Waals surface area contributed by atoms with Crippen molar-refractivity contribution in [3.8, 4) is 5.75 Å². The molecule has 1 aliphatic rings. The Morgan fingerprint density at radius 3 is 3.00 bits per heavy atom. The number of ether oxygens (including phenoxy) is 2. The molecule has 0 spiro atoms. The molecule has 0 bridgehead atoms. The molecule has 1 aromatic carbocycles. The van der Waals surface area contributed by atoms with E-state index in [0.717, 1.165) is 18.7 Å². The van der Waals surface area contributed by atoms with Gasteiger partial charge >= 0.3 is 0 Å². The predicted octanol–water partition coefficient (Wildman–Crippen LogP) is 1.49. The van der Waals surface area contributed by atoms with E-state index in [1.54, 1.807) is 0 Å². The molecule has 0 amide bonds. The number of nitro benzene ring substituents is 1. The van der Waals surface area contributed by atoms with E-state index >= 15 is 0 Å². The summed E-state index contributed by atoms with van der Waals surface area (Å²) in [4.78, 5) is 9.95. The third-order valence-corrected chi connectivity index (χ3v) is 2.73. The molecule has 104 valence electrons. The zero-order valence-electron chi connectivity index (χ0n) is 10.5. The molecule has 1 N–H and O–H groups in total. The molecule has 2 unspecified atom stereocenters. The molecule has 0 aromatic heterocycles. The first-order chi connectivity index (χ1) is 9.04. The number of morpholine rings is 1. The summed E-state index contributed by atoms with van der Waals surface area (Å²) in [5.74, 6) is -0.561. The molecule has 1 saturated heterocycles. The van der Waals surface area contributed by atoms with Crippen LogP contribution in [0.25, 0.3) is 0 Å². The highest BCUT2D eigenvalue weighted by Crippen LogP contribution is 2.22. The fraction of sp³-hybridized carbons (Fsp3) is 0.500. The van der Waals surface area contributed by atoms with Crippen LogP contribution in [0.3, 0.4) is 0 Å². The molecule has 19 heavy (non-hydrogen) atoms. The number of nitrogens with zero attached hydrogens (tertiary/aromatic N) is 1. The van der Waals surface area contributed by atoms with Crippen LogP contribution in [-0.2, 0) is 4.74 Å². The van der Waals surface area contributed by atoms with Crippen LogP contribution in [0.4, 0.5) is 10.1 Å². The number of benzene rings is 1. The lowest BCUT2D eigenvalue weighted by molar-refractivity contribution is -0.385. The molecule has 0 saturated carbocycles. The lowest BCUT2D eigenvalue weighted by Crippen LogP contribution is -2.45. The lowest BCUT2D eigenvalue weighted by Gasteiger charge is -2.28. The minimum Gasteiger partial charge on any atom is -0.490 e. The summed E-state index contributed by atoms with van der Waals surface area (Å²) in [6.07, 6.45) is -0.0599. The molecule has 0 radical (unpaired) electrons. The molecule has 1 heterocycles. The van der Waals surface area contributed by atoms with Gasteiger partial charge in [-0.2, -0.15) is 0 Å². The van der Waals surface area contributed by atoms with Gasteiger partial charge in [-0.1, -0.05) is 0 Å². The van der Waals surface area contributed by atoms with E-state index in [4.69, 9.17) is 9.47 Å². The first kappa shape index (κ1) is 13.7. The standard InChI is InChI=1S/C12H15FN2O4/c1-8-5-14-6-12(19-8)7-18-11-3-9(13)2-10(4-11)15(16)17/h2-4,8,12,14H,5-7H2,1H3. The van der Waals surface area contributed by atoms with E-state index < -0.39 is 10.7 Å². The average molecular weight is 270 g/mol. The maximum absolute atomic E-state index is 13.2. The molecule has 2 rings (SSSR count). The Morgan fingerprint density at radius 1 is 1.53 bits per heavy atom. The summed E-state index contributed by atoms with van der Waals surface area (Å²) in [5.41, 5.74) is -0.328. The van der Waals surface area contributed by atoms with Crippen LogP contribution in [0, 0.1) is 15.9 Å². The molecule has 7 heteroatoms. The van der Waals surface area contributed by atoms with Crippen LogP contribution < -0.4 is 10.1 Å². The van der Waals surface area contributed by atoms with Crippen molar-refractivity contribution in [3.05, 3.63) is 34.1 Å². The van der Waals surface area contributed by atoms with E-state index in [1.165, 1.54) is 6.07 Å². The second-order valence-corrected chi connectivity index (χ2v) is 4.44. The van der Waals surface area contributed by atoms with Gasteiger partial charge in [0.25, 0.3) is 5.69 Å². The smallest absolute Gasteiger partial charge is 0.276 e. The lowest BCUT2D eigenvalue weighted by atomic mass is 10.2. The fourth-order valence-electron chi connectivity index (χ4n) is 1.90. The van der Waals surface area contributed by atoms with Crippen molar-refractivity contribution in [3.63, 3.8) is 0 Å². The van der Waals surface area contributed by atoms with Crippen LogP contribution in [0.5, 0.6) is 5.75 Å². The molecule has 1 aliphatic heterocycles. The van der Waals surface area contributed by atoms with Crippen molar-refractivity contribution in [1.82, 2.24) is 5.32 Å². The number of hydrogen-bond donors (Lipinski definition) is 1.